The molecule has 19 heavy (non-hydrogen) atoms. The van der Waals surface area contributed by atoms with Gasteiger partial charge in [0.25, 0.3) is 0 Å². The van der Waals surface area contributed by atoms with Crippen molar-refractivity contribution >= 4 is 15.9 Å². The summed E-state index contributed by atoms with van der Waals surface area (Å²) in [5.74, 6) is -0.215. The average molecular weight is 329 g/mol. The van der Waals surface area contributed by atoms with E-state index < -0.39 is 0 Å². The second kappa shape index (κ2) is 5.48. The molecular formula is C14H18BrFN2O. The minimum Gasteiger partial charge on any atom is -0.372 e. The van der Waals surface area contributed by atoms with Gasteiger partial charge in [0.2, 0.25) is 0 Å². The lowest BCUT2D eigenvalue weighted by Gasteiger charge is -2.38. The maximum absolute atomic E-state index is 13.5. The van der Waals surface area contributed by atoms with Crippen LogP contribution in [0.5, 0.6) is 0 Å². The Kier molecular flexibility index (Phi) is 3.89. The summed E-state index contributed by atoms with van der Waals surface area (Å²) in [5.41, 5.74) is 6.87. The predicted molar refractivity (Wildman–Crippen MR) is 75.4 cm³/mol. The van der Waals surface area contributed by atoms with Crippen LogP contribution in [0.1, 0.15) is 24.4 Å². The highest BCUT2D eigenvalue weighted by Crippen LogP contribution is 2.34. The molecule has 0 spiro atoms. The van der Waals surface area contributed by atoms with E-state index >= 15 is 0 Å². The number of morpholine rings is 1. The number of nitrogens with zero attached hydrogens (tertiary/aromatic N) is 1. The van der Waals surface area contributed by atoms with E-state index in [-0.39, 0.29) is 11.9 Å². The normalized spacial score (nSPS) is 28.6. The fraction of sp³-hybridized carbons (Fsp3) is 0.571. The highest BCUT2D eigenvalue weighted by molar-refractivity contribution is 9.10. The summed E-state index contributed by atoms with van der Waals surface area (Å²) in [5, 5.41) is 0. The lowest BCUT2D eigenvalue weighted by Crippen LogP contribution is -2.46. The monoisotopic (exact) mass is 328 g/mol. The molecule has 3 unspecified atom stereocenters. The van der Waals surface area contributed by atoms with Gasteiger partial charge in [-0.2, -0.15) is 0 Å². The number of hydrogen-bond acceptors (Lipinski definition) is 3. The third-order valence-electron chi connectivity index (χ3n) is 4.05. The Labute approximate surface area is 121 Å². The molecule has 0 radical (unpaired) electrons. The molecule has 2 heterocycles. The quantitative estimate of drug-likeness (QED) is 0.926. The molecule has 2 aliphatic heterocycles. The second-order valence-corrected chi connectivity index (χ2v) is 6.18. The van der Waals surface area contributed by atoms with Crippen LogP contribution in [0.3, 0.4) is 0 Å². The van der Waals surface area contributed by atoms with E-state index in [4.69, 9.17) is 10.5 Å². The smallest absolute Gasteiger partial charge is 0.123 e. The molecule has 1 aromatic carbocycles. The zero-order valence-electron chi connectivity index (χ0n) is 10.7. The molecule has 2 saturated heterocycles. The van der Waals surface area contributed by atoms with Gasteiger partial charge in [0, 0.05) is 30.1 Å². The number of ether oxygens (including phenoxy) is 1. The summed E-state index contributed by atoms with van der Waals surface area (Å²) in [6.45, 7) is 2.27. The lowest BCUT2D eigenvalue weighted by molar-refractivity contribution is -0.0522. The first-order valence-electron chi connectivity index (χ1n) is 6.72. The van der Waals surface area contributed by atoms with Crippen LogP contribution in [0.2, 0.25) is 0 Å². The van der Waals surface area contributed by atoms with Gasteiger partial charge >= 0.3 is 0 Å². The zero-order chi connectivity index (χ0) is 13.4. The number of halogens is 2. The Hall–Kier alpha value is -0.490. The van der Waals surface area contributed by atoms with Gasteiger partial charge in [-0.05, 0) is 36.6 Å². The van der Waals surface area contributed by atoms with Gasteiger partial charge in [0.15, 0.2) is 0 Å². The molecule has 5 heteroatoms. The Morgan fingerprint density at radius 1 is 1.37 bits per heavy atom. The Bertz CT molecular complexity index is 459. The van der Waals surface area contributed by atoms with Crippen LogP contribution in [0.15, 0.2) is 22.7 Å². The molecule has 0 saturated carbocycles. The van der Waals surface area contributed by atoms with E-state index in [1.807, 2.05) is 0 Å². The first-order valence-corrected chi connectivity index (χ1v) is 7.51. The minimum absolute atomic E-state index is 0.0528. The van der Waals surface area contributed by atoms with E-state index in [2.05, 4.69) is 20.8 Å². The summed E-state index contributed by atoms with van der Waals surface area (Å²) in [4.78, 5) is 2.34. The molecule has 0 aromatic heterocycles. The van der Waals surface area contributed by atoms with E-state index in [0.717, 1.165) is 36.0 Å². The Balaban J connectivity index is 1.85. The van der Waals surface area contributed by atoms with Crippen LogP contribution in [-0.4, -0.2) is 36.7 Å². The highest BCUT2D eigenvalue weighted by Gasteiger charge is 2.37. The van der Waals surface area contributed by atoms with Crippen molar-refractivity contribution in [2.24, 2.45) is 5.73 Å². The number of rotatable bonds is 3. The van der Waals surface area contributed by atoms with E-state index in [0.29, 0.717) is 18.8 Å². The molecule has 2 N–H and O–H groups in total. The van der Waals surface area contributed by atoms with Crippen molar-refractivity contribution in [1.29, 1.82) is 0 Å². The molecular weight excluding hydrogens is 311 g/mol. The summed E-state index contributed by atoms with van der Waals surface area (Å²) in [7, 11) is 0. The van der Waals surface area contributed by atoms with Gasteiger partial charge in [0.1, 0.15) is 5.82 Å². The van der Waals surface area contributed by atoms with Gasteiger partial charge in [0.05, 0.1) is 12.2 Å². The van der Waals surface area contributed by atoms with Crippen LogP contribution in [0.4, 0.5) is 4.39 Å². The van der Waals surface area contributed by atoms with Crippen LogP contribution in [0, 0.1) is 5.82 Å². The minimum atomic E-state index is -0.215. The van der Waals surface area contributed by atoms with Gasteiger partial charge < -0.3 is 10.5 Å². The number of benzene rings is 1. The number of hydrogen-bond donors (Lipinski definition) is 1. The molecule has 2 bridgehead atoms. The van der Waals surface area contributed by atoms with Gasteiger partial charge in [-0.1, -0.05) is 15.9 Å². The molecule has 2 fully saturated rings. The third-order valence-corrected chi connectivity index (χ3v) is 4.78. The summed E-state index contributed by atoms with van der Waals surface area (Å²) >= 11 is 3.50. The first-order chi connectivity index (χ1) is 9.17. The fourth-order valence-corrected chi connectivity index (χ4v) is 3.65. The van der Waals surface area contributed by atoms with Crippen molar-refractivity contribution in [1.82, 2.24) is 4.90 Å². The number of fused-ring (bicyclic) bond motifs is 2. The highest BCUT2D eigenvalue weighted by atomic mass is 79.9. The lowest BCUT2D eigenvalue weighted by atomic mass is 10.0. The number of likely N-dealkylation sites (tertiary alicyclic amines) is 1. The van der Waals surface area contributed by atoms with E-state index in [1.165, 1.54) is 6.07 Å². The fourth-order valence-electron chi connectivity index (χ4n) is 3.14. The maximum Gasteiger partial charge on any atom is 0.123 e. The second-order valence-electron chi connectivity index (χ2n) is 5.33. The molecule has 3 atom stereocenters. The molecule has 2 aliphatic rings. The van der Waals surface area contributed by atoms with Gasteiger partial charge in [-0.15, -0.1) is 0 Å². The summed E-state index contributed by atoms with van der Waals surface area (Å²) < 4.78 is 20.2. The summed E-state index contributed by atoms with van der Waals surface area (Å²) in [6.07, 6.45) is 2.89. The maximum atomic E-state index is 13.5. The summed E-state index contributed by atoms with van der Waals surface area (Å²) in [6, 6.07) is 4.85. The van der Waals surface area contributed by atoms with Crippen molar-refractivity contribution < 1.29 is 9.13 Å². The van der Waals surface area contributed by atoms with Crippen molar-refractivity contribution in [2.75, 3.05) is 19.6 Å². The van der Waals surface area contributed by atoms with E-state index in [1.54, 1.807) is 12.1 Å². The largest absolute Gasteiger partial charge is 0.372 e. The SMILES string of the molecule is NCC(c1cc(F)ccc1Br)N1CC2CCC(C1)O2. The third kappa shape index (κ3) is 2.70. The average Bonchev–Trinajstić information content (AvgIpc) is 2.74. The molecule has 3 nitrogen and oxygen atoms in total. The van der Waals surface area contributed by atoms with Crippen LogP contribution >= 0.6 is 15.9 Å². The Morgan fingerprint density at radius 2 is 2.05 bits per heavy atom. The molecule has 0 aliphatic carbocycles. The molecule has 0 amide bonds. The van der Waals surface area contributed by atoms with Crippen LogP contribution in [0.25, 0.3) is 0 Å². The standard InChI is InChI=1S/C14H18BrFN2O/c15-13-4-1-9(16)5-12(13)14(6-17)18-7-10-2-3-11(8-18)19-10/h1,4-5,10-11,14H,2-3,6-8,17H2. The topological polar surface area (TPSA) is 38.5 Å². The molecule has 3 rings (SSSR count). The molecule has 1 aromatic rings. The molecule has 104 valence electrons. The first kappa shape index (κ1) is 13.5. The van der Waals surface area contributed by atoms with Crippen molar-refractivity contribution in [3.05, 3.63) is 34.1 Å². The zero-order valence-corrected chi connectivity index (χ0v) is 12.3. The number of nitrogens with two attached hydrogens (primary N) is 1. The van der Waals surface area contributed by atoms with Crippen molar-refractivity contribution in [3.63, 3.8) is 0 Å². The van der Waals surface area contributed by atoms with Crippen LogP contribution < -0.4 is 5.73 Å². The van der Waals surface area contributed by atoms with Gasteiger partial charge in [-0.25, -0.2) is 4.39 Å². The van der Waals surface area contributed by atoms with Crippen molar-refractivity contribution in [2.45, 2.75) is 31.1 Å². The van der Waals surface area contributed by atoms with Crippen LogP contribution in [-0.2, 0) is 4.74 Å². The Morgan fingerprint density at radius 3 is 2.68 bits per heavy atom. The van der Waals surface area contributed by atoms with Crippen molar-refractivity contribution in [3.8, 4) is 0 Å². The van der Waals surface area contributed by atoms with Gasteiger partial charge in [-0.3, -0.25) is 4.90 Å². The van der Waals surface area contributed by atoms with E-state index in [9.17, 15) is 4.39 Å². The predicted octanol–water partition coefficient (Wildman–Crippen LogP) is 2.45.